The molecule has 0 heterocycles. The van der Waals surface area contributed by atoms with Crippen molar-refractivity contribution in [2.45, 2.75) is 19.3 Å². The fourth-order valence-electron chi connectivity index (χ4n) is 2.91. The monoisotopic (exact) mass is 391 g/mol. The fraction of sp³-hybridized carbons (Fsp3) is 0.136. The fourth-order valence-corrected chi connectivity index (χ4v) is 3.08. The van der Waals surface area contributed by atoms with Crippen LogP contribution in [0.3, 0.4) is 0 Å². The maximum absolute atomic E-state index is 12.2. The van der Waals surface area contributed by atoms with Gasteiger partial charge < -0.3 is 5.32 Å². The Morgan fingerprint density at radius 3 is 2.32 bits per heavy atom. The normalized spacial score (nSPS) is 10.3. The minimum Gasteiger partial charge on any atom is -0.302 e. The van der Waals surface area contributed by atoms with Crippen LogP contribution in [0, 0.1) is 0 Å². The lowest BCUT2D eigenvalue weighted by atomic mass is 10.0. The molecule has 3 aromatic carbocycles. The smallest absolute Gasteiger partial charge is 0.242 e. The number of nitrogens with one attached hydrogen (secondary N) is 3. The molecule has 0 fully saturated rings. The average Bonchev–Trinajstić information content (AvgIpc) is 2.72. The molecular weight excluding hydrogens is 370 g/mol. The predicted octanol–water partition coefficient (Wildman–Crippen LogP) is 3.04. The molecule has 6 heteroatoms. The Morgan fingerprint density at radius 2 is 1.50 bits per heavy atom. The van der Waals surface area contributed by atoms with Gasteiger partial charge in [0.2, 0.25) is 11.8 Å². The number of hydrazine groups is 1. The number of carbonyl (C=O) groups is 2. The third-order valence-corrected chi connectivity index (χ3v) is 4.49. The number of carbonyl (C=O) groups excluding carboxylic acids is 2. The van der Waals surface area contributed by atoms with Gasteiger partial charge >= 0.3 is 0 Å². The second-order valence-corrected chi connectivity index (χ2v) is 6.76. The van der Waals surface area contributed by atoms with E-state index in [9.17, 15) is 9.59 Å². The van der Waals surface area contributed by atoms with Crippen molar-refractivity contribution in [3.8, 4) is 0 Å². The van der Waals surface area contributed by atoms with Crippen molar-refractivity contribution < 1.29 is 9.59 Å². The number of aryl methyl sites for hydroxylation is 1. The van der Waals surface area contributed by atoms with Crippen LogP contribution in [-0.2, 0) is 22.4 Å². The molecule has 0 bridgehead atoms. The highest BCUT2D eigenvalue weighted by Gasteiger charge is 2.09. The van der Waals surface area contributed by atoms with Crippen molar-refractivity contribution in [2.75, 3.05) is 0 Å². The summed E-state index contributed by atoms with van der Waals surface area (Å²) in [6, 6.07) is 23.5. The van der Waals surface area contributed by atoms with Gasteiger partial charge in [-0.15, -0.1) is 0 Å². The highest BCUT2D eigenvalue weighted by atomic mass is 32.1. The van der Waals surface area contributed by atoms with Crippen molar-refractivity contribution in [3.05, 3.63) is 83.9 Å². The van der Waals surface area contributed by atoms with Gasteiger partial charge in [-0.05, 0) is 40.5 Å². The Hall–Kier alpha value is -3.25. The number of hydrogen-bond donors (Lipinski definition) is 3. The summed E-state index contributed by atoms with van der Waals surface area (Å²) in [5.41, 5.74) is 7.12. The molecule has 3 rings (SSSR count). The van der Waals surface area contributed by atoms with Crippen LogP contribution >= 0.6 is 12.2 Å². The molecule has 0 saturated heterocycles. The average molecular weight is 391 g/mol. The van der Waals surface area contributed by atoms with E-state index in [0.29, 0.717) is 12.8 Å². The largest absolute Gasteiger partial charge is 0.302 e. The van der Waals surface area contributed by atoms with Gasteiger partial charge in [-0.25, -0.2) is 0 Å². The number of amides is 2. The summed E-state index contributed by atoms with van der Waals surface area (Å²) in [4.78, 5) is 24.2. The molecule has 5 nitrogen and oxygen atoms in total. The van der Waals surface area contributed by atoms with E-state index in [1.165, 1.54) is 0 Å². The molecule has 3 N–H and O–H groups in total. The van der Waals surface area contributed by atoms with Crippen LogP contribution in [0.5, 0.6) is 0 Å². The molecule has 0 aliphatic heterocycles. The Morgan fingerprint density at radius 1 is 0.786 bits per heavy atom. The summed E-state index contributed by atoms with van der Waals surface area (Å²) in [7, 11) is 0. The molecule has 3 aromatic rings. The van der Waals surface area contributed by atoms with E-state index in [0.717, 1.165) is 21.9 Å². The molecule has 0 aliphatic rings. The minimum atomic E-state index is -0.239. The first-order chi connectivity index (χ1) is 13.6. The first-order valence-electron chi connectivity index (χ1n) is 9.01. The van der Waals surface area contributed by atoms with E-state index in [-0.39, 0.29) is 23.3 Å². The molecular formula is C22H21N3O2S. The maximum atomic E-state index is 12.2. The van der Waals surface area contributed by atoms with E-state index in [2.05, 4.69) is 16.2 Å². The zero-order chi connectivity index (χ0) is 19.8. The highest BCUT2D eigenvalue weighted by molar-refractivity contribution is 7.80. The van der Waals surface area contributed by atoms with Crippen LogP contribution in [0.4, 0.5) is 0 Å². The van der Waals surface area contributed by atoms with E-state index in [1.807, 2.05) is 72.8 Å². The van der Waals surface area contributed by atoms with Crippen molar-refractivity contribution in [3.63, 3.8) is 0 Å². The Balaban J connectivity index is 1.43. The first-order valence-corrected chi connectivity index (χ1v) is 9.42. The first kappa shape index (κ1) is 19.5. The summed E-state index contributed by atoms with van der Waals surface area (Å²) in [5, 5.41) is 4.76. The molecule has 0 radical (unpaired) electrons. The summed E-state index contributed by atoms with van der Waals surface area (Å²) < 4.78 is 0. The lowest BCUT2D eigenvalue weighted by Crippen LogP contribution is -2.48. The molecule has 0 saturated carbocycles. The Labute approximate surface area is 169 Å². The van der Waals surface area contributed by atoms with Crippen molar-refractivity contribution in [1.82, 2.24) is 16.2 Å². The van der Waals surface area contributed by atoms with Gasteiger partial charge in [-0.3, -0.25) is 20.4 Å². The molecule has 142 valence electrons. The maximum Gasteiger partial charge on any atom is 0.242 e. The third-order valence-electron chi connectivity index (χ3n) is 4.28. The minimum absolute atomic E-state index is 0.0735. The quantitative estimate of drug-likeness (QED) is 0.462. The number of benzene rings is 3. The van der Waals surface area contributed by atoms with E-state index in [4.69, 9.17) is 12.2 Å². The van der Waals surface area contributed by atoms with Crippen LogP contribution < -0.4 is 16.2 Å². The number of fused-ring (bicyclic) bond motifs is 1. The topological polar surface area (TPSA) is 70.2 Å². The van der Waals surface area contributed by atoms with Gasteiger partial charge in [0.1, 0.15) is 0 Å². The van der Waals surface area contributed by atoms with Crippen molar-refractivity contribution in [1.29, 1.82) is 0 Å². The second kappa shape index (κ2) is 9.62. The van der Waals surface area contributed by atoms with Crippen molar-refractivity contribution >= 4 is 39.9 Å². The zero-order valence-corrected chi connectivity index (χ0v) is 16.1. The van der Waals surface area contributed by atoms with Crippen LogP contribution in [0.15, 0.2) is 72.8 Å². The van der Waals surface area contributed by atoms with Gasteiger partial charge in [-0.2, -0.15) is 0 Å². The van der Waals surface area contributed by atoms with Crippen LogP contribution in [0.1, 0.15) is 17.5 Å². The summed E-state index contributed by atoms with van der Waals surface area (Å²) in [6.45, 7) is 0. The van der Waals surface area contributed by atoms with Gasteiger partial charge in [0, 0.05) is 6.42 Å². The van der Waals surface area contributed by atoms with Crippen LogP contribution in [-0.4, -0.2) is 16.9 Å². The summed E-state index contributed by atoms with van der Waals surface area (Å²) in [5.74, 6) is -0.443. The number of thiocarbonyl (C=S) groups is 1. The summed E-state index contributed by atoms with van der Waals surface area (Å²) >= 11 is 5.06. The third kappa shape index (κ3) is 5.62. The predicted molar refractivity (Wildman–Crippen MR) is 114 cm³/mol. The van der Waals surface area contributed by atoms with E-state index in [1.54, 1.807) is 0 Å². The molecule has 0 aliphatic carbocycles. The van der Waals surface area contributed by atoms with Gasteiger partial charge in [0.25, 0.3) is 0 Å². The summed E-state index contributed by atoms with van der Waals surface area (Å²) in [6.07, 6.45) is 1.15. The van der Waals surface area contributed by atoms with Crippen molar-refractivity contribution in [2.24, 2.45) is 0 Å². The molecule has 0 spiro atoms. The number of rotatable bonds is 5. The Kier molecular flexibility index (Phi) is 6.70. The molecule has 0 aromatic heterocycles. The lowest BCUT2D eigenvalue weighted by Gasteiger charge is -2.11. The molecule has 0 atom stereocenters. The van der Waals surface area contributed by atoms with E-state index < -0.39 is 0 Å². The lowest BCUT2D eigenvalue weighted by molar-refractivity contribution is -0.122. The standard InChI is InChI=1S/C22H21N3O2S/c26-20(14-13-16-7-2-1-3-8-16)23-22(28)25-24-21(27)15-18-11-6-10-17-9-4-5-12-19(17)18/h1-12H,13-15H2,(H,24,27)(H2,23,25,26,28). The highest BCUT2D eigenvalue weighted by Crippen LogP contribution is 2.18. The van der Waals surface area contributed by atoms with Crippen LogP contribution in [0.2, 0.25) is 0 Å². The SMILES string of the molecule is O=C(Cc1cccc2ccccc12)NNC(=S)NC(=O)CCc1ccccc1. The molecule has 0 unspecified atom stereocenters. The van der Waals surface area contributed by atoms with Gasteiger partial charge in [-0.1, -0.05) is 72.8 Å². The molecule has 2 amide bonds. The van der Waals surface area contributed by atoms with Gasteiger partial charge in [0.15, 0.2) is 5.11 Å². The van der Waals surface area contributed by atoms with Crippen LogP contribution in [0.25, 0.3) is 10.8 Å². The number of hydrogen-bond acceptors (Lipinski definition) is 3. The second-order valence-electron chi connectivity index (χ2n) is 6.35. The Bertz CT molecular complexity index is 984. The van der Waals surface area contributed by atoms with E-state index >= 15 is 0 Å². The van der Waals surface area contributed by atoms with Gasteiger partial charge in [0.05, 0.1) is 6.42 Å². The molecule has 28 heavy (non-hydrogen) atoms. The zero-order valence-electron chi connectivity index (χ0n) is 15.3.